The Morgan fingerprint density at radius 2 is 0.692 bits per heavy atom. The summed E-state index contributed by atoms with van der Waals surface area (Å²) in [7, 11) is -10.8. The van der Waals surface area contributed by atoms with Crippen molar-refractivity contribution in [2.45, 2.75) is 0 Å². The maximum atomic E-state index is 8.55. The Kier molecular flexibility index (Phi) is 29.6. The Balaban J connectivity index is -0.0000000267. The van der Waals surface area contributed by atoms with E-state index < -0.39 is 15.6 Å². The van der Waals surface area contributed by atoms with E-state index >= 15 is 0 Å². The Bertz CT molecular complexity index is 134. The third kappa shape index (κ3) is 296. The van der Waals surface area contributed by atoms with E-state index in [1.54, 1.807) is 0 Å². The SMILES string of the molecule is O=P([O-])([O-])[O-].O=P([O-])([O-])[O-].[Ba+2].[SiH4].[Zr+4]. The van der Waals surface area contributed by atoms with E-state index in [9.17, 15) is 0 Å². The first kappa shape index (κ1) is 29.7. The van der Waals surface area contributed by atoms with Crippen LogP contribution in [0.4, 0.5) is 0 Å². The van der Waals surface area contributed by atoms with Gasteiger partial charge in [0.05, 0.1) is 0 Å². The van der Waals surface area contributed by atoms with Gasteiger partial charge in [-0.25, -0.2) is 0 Å². The molecule has 0 aliphatic carbocycles. The first-order valence-corrected chi connectivity index (χ1v) is 4.38. The quantitative estimate of drug-likeness (QED) is 0.258. The summed E-state index contributed by atoms with van der Waals surface area (Å²) in [5.41, 5.74) is 0. The molecule has 8 nitrogen and oxygen atoms in total. The molecule has 0 radical (unpaired) electrons. The van der Waals surface area contributed by atoms with Crippen LogP contribution >= 0.6 is 15.6 Å². The van der Waals surface area contributed by atoms with Crippen molar-refractivity contribution in [1.82, 2.24) is 0 Å². The second-order valence-corrected chi connectivity index (χ2v) is 2.68. The van der Waals surface area contributed by atoms with Crippen molar-refractivity contribution in [3.05, 3.63) is 0 Å². The maximum Gasteiger partial charge on any atom is 4.00 e. The molecule has 0 fully saturated rings. The van der Waals surface area contributed by atoms with E-state index in [4.69, 9.17) is 38.5 Å². The molecule has 0 N–H and O–H groups in total. The van der Waals surface area contributed by atoms with Gasteiger partial charge in [0.25, 0.3) is 0 Å². The second kappa shape index (κ2) is 13.0. The molecular formula is H4BaO8P2SiZr. The van der Waals surface area contributed by atoms with E-state index in [-0.39, 0.29) is 86.0 Å². The van der Waals surface area contributed by atoms with Gasteiger partial charge in [0.2, 0.25) is 0 Å². The fourth-order valence-corrected chi connectivity index (χ4v) is 0. The molecule has 0 aliphatic rings. The molecule has 72 valence electrons. The molecule has 0 atom stereocenters. The van der Waals surface area contributed by atoms with Crippen LogP contribution in [0.15, 0.2) is 0 Å². The van der Waals surface area contributed by atoms with Crippen LogP contribution in [0.3, 0.4) is 0 Å². The van der Waals surface area contributed by atoms with Crippen LogP contribution in [0, 0.1) is 0 Å². The third-order valence-corrected chi connectivity index (χ3v) is 0. The van der Waals surface area contributed by atoms with Gasteiger partial charge in [-0.3, -0.25) is 0 Å². The van der Waals surface area contributed by atoms with Gasteiger partial charge in [-0.05, 0) is 11.0 Å². The van der Waals surface area contributed by atoms with Gasteiger partial charge in [-0.15, -0.1) is 0 Å². The van der Waals surface area contributed by atoms with Gasteiger partial charge < -0.3 is 38.5 Å². The topological polar surface area (TPSA) is 172 Å². The summed E-state index contributed by atoms with van der Waals surface area (Å²) in [6, 6.07) is 0. The van der Waals surface area contributed by atoms with E-state index in [1.165, 1.54) is 0 Å². The largest absolute Gasteiger partial charge is 4.00 e. The van der Waals surface area contributed by atoms with Crippen molar-refractivity contribution in [3.63, 3.8) is 0 Å². The molecule has 0 aromatic carbocycles. The Labute approximate surface area is 138 Å². The fraction of sp³-hybridized carbons (Fsp3) is 0. The predicted molar refractivity (Wildman–Crippen MR) is 32.3 cm³/mol. The van der Waals surface area contributed by atoms with E-state index in [0.29, 0.717) is 0 Å². The molecule has 0 heterocycles. The summed E-state index contributed by atoms with van der Waals surface area (Å²) in [5.74, 6) is 0. The molecule has 13 heavy (non-hydrogen) atoms. The number of hydrogen-bond donors (Lipinski definition) is 0. The molecule has 0 aromatic rings. The van der Waals surface area contributed by atoms with Crippen molar-refractivity contribution in [2.75, 3.05) is 0 Å². The van der Waals surface area contributed by atoms with Gasteiger partial charge in [0.15, 0.2) is 0 Å². The van der Waals surface area contributed by atoms with Crippen molar-refractivity contribution in [3.8, 4) is 0 Å². The Hall–Kier alpha value is 2.89. The standard InChI is InChI=1S/Ba.2H3O4P.H4Si.Zr/c;2*1-5(2,3)4;;/h;2*(H3,1,2,3,4);1H4;/q+2;;;;+4/p-6. The number of phosphoric acid groups is 2. The summed E-state index contributed by atoms with van der Waals surface area (Å²) in [5, 5.41) is 0. The second-order valence-electron chi connectivity index (χ2n) is 0.894. The number of hydrogen-bond acceptors (Lipinski definition) is 8. The van der Waals surface area contributed by atoms with Crippen LogP contribution in [0.2, 0.25) is 0 Å². The summed E-state index contributed by atoms with van der Waals surface area (Å²) in [6.45, 7) is 0. The van der Waals surface area contributed by atoms with Crippen molar-refractivity contribution >= 4 is 75.5 Å². The third-order valence-electron chi connectivity index (χ3n) is 0. The molecule has 0 unspecified atom stereocenters. The zero-order chi connectivity index (χ0) is 9.00. The molecule has 0 aromatic heterocycles. The molecule has 0 bridgehead atoms. The van der Waals surface area contributed by atoms with Crippen LogP contribution in [-0.4, -0.2) is 59.8 Å². The van der Waals surface area contributed by atoms with E-state index in [2.05, 4.69) is 0 Å². The molecule has 0 saturated heterocycles. The molecule has 13 heteroatoms. The maximum absolute atomic E-state index is 8.55. The minimum atomic E-state index is -5.39. The predicted octanol–water partition coefficient (Wildman–Crippen LogP) is -7.48. The summed E-state index contributed by atoms with van der Waals surface area (Å²) < 4.78 is 17.1. The van der Waals surface area contributed by atoms with Gasteiger partial charge in [-0.1, -0.05) is 0 Å². The first-order valence-electron chi connectivity index (χ1n) is 1.46. The summed E-state index contributed by atoms with van der Waals surface area (Å²) >= 11 is 0. The molecule has 0 rings (SSSR count). The van der Waals surface area contributed by atoms with Crippen molar-refractivity contribution in [1.29, 1.82) is 0 Å². The smallest absolute Gasteiger partial charge is 0.822 e. The van der Waals surface area contributed by atoms with Gasteiger partial charge >= 0.3 is 75.1 Å². The van der Waals surface area contributed by atoms with E-state index in [0.717, 1.165) is 0 Å². The molecule has 0 amide bonds. The monoisotopic (exact) mass is 450 g/mol. The Morgan fingerprint density at radius 3 is 0.692 bits per heavy atom. The summed E-state index contributed by atoms with van der Waals surface area (Å²) in [6.07, 6.45) is 0. The fourth-order valence-electron chi connectivity index (χ4n) is 0. The minimum Gasteiger partial charge on any atom is -0.822 e. The van der Waals surface area contributed by atoms with Gasteiger partial charge in [0, 0.05) is 0 Å². The average Bonchev–Trinajstić information content (AvgIpc) is 1.12. The zero-order valence-electron chi connectivity index (χ0n) is 5.37. The van der Waals surface area contributed by atoms with Gasteiger partial charge in [0.1, 0.15) is 0 Å². The molecule has 0 spiro atoms. The molecule has 0 aliphatic heterocycles. The van der Waals surface area contributed by atoms with Crippen molar-refractivity contribution < 1.29 is 64.7 Å². The van der Waals surface area contributed by atoms with Crippen molar-refractivity contribution in [2.24, 2.45) is 0 Å². The summed E-state index contributed by atoms with van der Waals surface area (Å²) in [4.78, 5) is 51.3. The first-order chi connectivity index (χ1) is 4.00. The number of rotatable bonds is 0. The molecular weight excluding hydrogens is 447 g/mol. The molecule has 0 saturated carbocycles. The van der Waals surface area contributed by atoms with Crippen LogP contribution in [0.1, 0.15) is 0 Å². The van der Waals surface area contributed by atoms with Crippen LogP contribution in [-0.2, 0) is 35.3 Å². The average molecular weight is 451 g/mol. The van der Waals surface area contributed by atoms with Gasteiger partial charge in [-0.2, -0.15) is 15.6 Å². The van der Waals surface area contributed by atoms with E-state index in [1.807, 2.05) is 0 Å². The normalized spacial score (nSPS) is 9.08. The zero-order valence-corrected chi connectivity index (χ0v) is 14.1. The minimum absolute atomic E-state index is 0. The Morgan fingerprint density at radius 1 is 0.692 bits per heavy atom. The van der Waals surface area contributed by atoms with Crippen LogP contribution in [0.25, 0.3) is 0 Å². The van der Waals surface area contributed by atoms with Crippen LogP contribution in [0.5, 0.6) is 0 Å². The van der Waals surface area contributed by atoms with Crippen LogP contribution < -0.4 is 29.4 Å².